The van der Waals surface area contributed by atoms with Crippen molar-refractivity contribution in [2.24, 2.45) is 7.05 Å². The maximum Gasteiger partial charge on any atom is 0.329 e. The number of nitrogens with zero attached hydrogens (tertiary/aromatic N) is 2. The lowest BCUT2D eigenvalue weighted by Crippen LogP contribution is -2.27. The SMILES string of the molecule is Cn1c(=O)n(C2CCNC2)c2cc(Cl)ccc21. The van der Waals surface area contributed by atoms with E-state index in [1.165, 1.54) is 0 Å². The van der Waals surface area contributed by atoms with Gasteiger partial charge in [-0.2, -0.15) is 0 Å². The summed E-state index contributed by atoms with van der Waals surface area (Å²) in [5.41, 5.74) is 1.90. The predicted octanol–water partition coefficient (Wildman–Crippen LogP) is 1.53. The number of benzene rings is 1. The fourth-order valence-electron chi connectivity index (χ4n) is 2.55. The Morgan fingerprint density at radius 3 is 2.94 bits per heavy atom. The highest BCUT2D eigenvalue weighted by Gasteiger charge is 2.22. The van der Waals surface area contributed by atoms with Gasteiger partial charge in [0, 0.05) is 18.6 Å². The number of aromatic nitrogens is 2. The van der Waals surface area contributed by atoms with Crippen molar-refractivity contribution >= 4 is 22.6 Å². The minimum Gasteiger partial charge on any atom is -0.315 e. The van der Waals surface area contributed by atoms with Crippen LogP contribution in [0, 0.1) is 0 Å². The van der Waals surface area contributed by atoms with Crippen molar-refractivity contribution in [1.29, 1.82) is 0 Å². The van der Waals surface area contributed by atoms with E-state index in [9.17, 15) is 4.79 Å². The summed E-state index contributed by atoms with van der Waals surface area (Å²) in [5.74, 6) is 0. The molecule has 90 valence electrons. The number of rotatable bonds is 1. The second kappa shape index (κ2) is 3.89. The van der Waals surface area contributed by atoms with E-state index in [-0.39, 0.29) is 11.7 Å². The molecule has 1 aromatic carbocycles. The summed E-state index contributed by atoms with van der Waals surface area (Å²) < 4.78 is 3.55. The number of fused-ring (bicyclic) bond motifs is 1. The summed E-state index contributed by atoms with van der Waals surface area (Å²) in [6, 6.07) is 5.83. The average Bonchev–Trinajstić information content (AvgIpc) is 2.88. The molecule has 4 nitrogen and oxygen atoms in total. The third kappa shape index (κ3) is 1.59. The van der Waals surface area contributed by atoms with Crippen LogP contribution in [0.1, 0.15) is 12.5 Å². The first kappa shape index (κ1) is 10.9. The van der Waals surface area contributed by atoms with Crippen molar-refractivity contribution in [2.75, 3.05) is 13.1 Å². The zero-order chi connectivity index (χ0) is 12.0. The van der Waals surface area contributed by atoms with E-state index in [1.54, 1.807) is 11.6 Å². The second-order valence-corrected chi connectivity index (χ2v) is 4.93. The van der Waals surface area contributed by atoms with Crippen LogP contribution >= 0.6 is 11.6 Å². The van der Waals surface area contributed by atoms with E-state index in [4.69, 9.17) is 11.6 Å². The molecule has 1 atom stereocenters. The third-order valence-electron chi connectivity index (χ3n) is 3.45. The molecule has 2 heterocycles. The van der Waals surface area contributed by atoms with Crippen LogP contribution in [-0.2, 0) is 7.05 Å². The van der Waals surface area contributed by atoms with E-state index >= 15 is 0 Å². The summed E-state index contributed by atoms with van der Waals surface area (Å²) in [6.45, 7) is 1.82. The third-order valence-corrected chi connectivity index (χ3v) is 3.69. The monoisotopic (exact) mass is 251 g/mol. The van der Waals surface area contributed by atoms with Crippen LogP contribution in [0.2, 0.25) is 5.02 Å². The van der Waals surface area contributed by atoms with Gasteiger partial charge in [-0.15, -0.1) is 0 Å². The molecule has 0 radical (unpaired) electrons. The molecule has 0 spiro atoms. The molecule has 0 amide bonds. The molecule has 2 aromatic rings. The van der Waals surface area contributed by atoms with Crippen LogP contribution < -0.4 is 11.0 Å². The van der Waals surface area contributed by atoms with E-state index in [0.29, 0.717) is 5.02 Å². The molecule has 0 aliphatic carbocycles. The first-order chi connectivity index (χ1) is 8.18. The predicted molar refractivity (Wildman–Crippen MR) is 68.7 cm³/mol. The topological polar surface area (TPSA) is 39.0 Å². The lowest BCUT2D eigenvalue weighted by atomic mass is 10.2. The van der Waals surface area contributed by atoms with Crippen molar-refractivity contribution in [3.05, 3.63) is 33.7 Å². The maximum absolute atomic E-state index is 12.2. The highest BCUT2D eigenvalue weighted by molar-refractivity contribution is 6.31. The van der Waals surface area contributed by atoms with Crippen LogP contribution in [0.15, 0.2) is 23.0 Å². The first-order valence-electron chi connectivity index (χ1n) is 5.75. The fourth-order valence-corrected chi connectivity index (χ4v) is 2.72. The van der Waals surface area contributed by atoms with E-state index < -0.39 is 0 Å². The van der Waals surface area contributed by atoms with Crippen LogP contribution in [0.4, 0.5) is 0 Å². The molecule has 1 N–H and O–H groups in total. The molecule has 3 rings (SSSR count). The van der Waals surface area contributed by atoms with Crippen LogP contribution in [0.5, 0.6) is 0 Å². The molecule has 0 saturated carbocycles. The van der Waals surface area contributed by atoms with Gasteiger partial charge in [-0.1, -0.05) is 11.6 Å². The zero-order valence-corrected chi connectivity index (χ0v) is 10.4. The summed E-state index contributed by atoms with van der Waals surface area (Å²) in [6.07, 6.45) is 0.992. The van der Waals surface area contributed by atoms with Gasteiger partial charge in [-0.05, 0) is 31.2 Å². The highest BCUT2D eigenvalue weighted by atomic mass is 35.5. The van der Waals surface area contributed by atoms with Crippen LogP contribution in [0.3, 0.4) is 0 Å². The number of aryl methyl sites for hydroxylation is 1. The molecule has 1 aromatic heterocycles. The Bertz CT molecular complexity index is 622. The second-order valence-electron chi connectivity index (χ2n) is 4.49. The Kier molecular flexibility index (Phi) is 2.49. The minimum atomic E-state index is 0.0379. The van der Waals surface area contributed by atoms with E-state index in [2.05, 4.69) is 5.32 Å². The van der Waals surface area contributed by atoms with Gasteiger partial charge in [0.05, 0.1) is 17.1 Å². The number of hydrogen-bond acceptors (Lipinski definition) is 2. The lowest BCUT2D eigenvalue weighted by Gasteiger charge is -2.10. The standard InChI is InChI=1S/C12H14ClN3O/c1-15-10-3-2-8(13)6-11(10)16(12(15)17)9-4-5-14-7-9/h2-3,6,9,14H,4-5,7H2,1H3. The maximum atomic E-state index is 12.2. The van der Waals surface area contributed by atoms with Crippen molar-refractivity contribution < 1.29 is 0 Å². The Labute approximate surface area is 104 Å². The number of imidazole rings is 1. The van der Waals surface area contributed by atoms with Crippen molar-refractivity contribution in [3.8, 4) is 0 Å². The fraction of sp³-hybridized carbons (Fsp3) is 0.417. The molecule has 0 bridgehead atoms. The molecule has 17 heavy (non-hydrogen) atoms. The minimum absolute atomic E-state index is 0.0379. The smallest absolute Gasteiger partial charge is 0.315 e. The Balaban J connectivity index is 2.31. The van der Waals surface area contributed by atoms with E-state index in [0.717, 1.165) is 30.5 Å². The summed E-state index contributed by atoms with van der Waals surface area (Å²) in [4.78, 5) is 12.2. The quantitative estimate of drug-likeness (QED) is 0.835. The first-order valence-corrected chi connectivity index (χ1v) is 6.13. The largest absolute Gasteiger partial charge is 0.329 e. The molecule has 1 saturated heterocycles. The van der Waals surface area contributed by atoms with Gasteiger partial charge in [0.2, 0.25) is 0 Å². The molecular formula is C12H14ClN3O. The van der Waals surface area contributed by atoms with Gasteiger partial charge in [0.15, 0.2) is 0 Å². The van der Waals surface area contributed by atoms with Gasteiger partial charge >= 0.3 is 5.69 Å². The Morgan fingerprint density at radius 2 is 2.24 bits per heavy atom. The summed E-state index contributed by atoms with van der Waals surface area (Å²) in [5, 5.41) is 3.95. The molecular weight excluding hydrogens is 238 g/mol. The summed E-state index contributed by atoms with van der Waals surface area (Å²) >= 11 is 6.02. The lowest BCUT2D eigenvalue weighted by molar-refractivity contribution is 0.535. The molecule has 1 aliphatic rings. The number of hydrogen-bond donors (Lipinski definition) is 1. The normalized spacial score (nSPS) is 20.2. The van der Waals surface area contributed by atoms with Gasteiger partial charge in [0.1, 0.15) is 0 Å². The zero-order valence-electron chi connectivity index (χ0n) is 9.61. The van der Waals surface area contributed by atoms with Gasteiger partial charge in [-0.3, -0.25) is 9.13 Å². The van der Waals surface area contributed by atoms with Crippen molar-refractivity contribution in [2.45, 2.75) is 12.5 Å². The van der Waals surface area contributed by atoms with Crippen LogP contribution in [0.25, 0.3) is 11.0 Å². The van der Waals surface area contributed by atoms with Crippen molar-refractivity contribution in [1.82, 2.24) is 14.5 Å². The number of halogens is 1. The van der Waals surface area contributed by atoms with Crippen LogP contribution in [-0.4, -0.2) is 22.2 Å². The Hall–Kier alpha value is -1.26. The number of nitrogens with one attached hydrogen (secondary N) is 1. The Morgan fingerprint density at radius 1 is 1.41 bits per heavy atom. The van der Waals surface area contributed by atoms with Gasteiger partial charge in [0.25, 0.3) is 0 Å². The highest BCUT2D eigenvalue weighted by Crippen LogP contribution is 2.23. The summed E-state index contributed by atoms with van der Waals surface area (Å²) in [7, 11) is 1.80. The molecule has 1 fully saturated rings. The van der Waals surface area contributed by atoms with Gasteiger partial charge in [-0.25, -0.2) is 4.79 Å². The molecule has 1 aliphatic heterocycles. The molecule has 1 unspecified atom stereocenters. The van der Waals surface area contributed by atoms with Crippen molar-refractivity contribution in [3.63, 3.8) is 0 Å². The average molecular weight is 252 g/mol. The van der Waals surface area contributed by atoms with Gasteiger partial charge < -0.3 is 5.32 Å². The molecule has 5 heteroatoms. The van der Waals surface area contributed by atoms with E-state index in [1.807, 2.05) is 22.8 Å².